The first-order valence-corrected chi connectivity index (χ1v) is 7.82. The van der Waals surface area contributed by atoms with Gasteiger partial charge in [-0.1, -0.05) is 24.3 Å². The van der Waals surface area contributed by atoms with Gasteiger partial charge in [0.05, 0.1) is 28.4 Å². The molecular formula is C18H15N3O5. The van der Waals surface area contributed by atoms with Gasteiger partial charge >= 0.3 is 6.09 Å². The third kappa shape index (κ3) is 3.69. The molecule has 1 N–H and O–H groups in total. The summed E-state index contributed by atoms with van der Waals surface area (Å²) < 4.78 is 4.92. The van der Waals surface area contributed by atoms with E-state index in [4.69, 9.17) is 4.74 Å². The second-order valence-electron chi connectivity index (χ2n) is 5.42. The lowest BCUT2D eigenvalue weighted by Gasteiger charge is -2.17. The summed E-state index contributed by atoms with van der Waals surface area (Å²) in [6.45, 7) is 0.691. The summed E-state index contributed by atoms with van der Waals surface area (Å²) in [6.07, 6.45) is 2.11. The van der Waals surface area contributed by atoms with Crippen LogP contribution in [-0.4, -0.2) is 30.1 Å². The topological polar surface area (TPSA) is 102 Å². The monoisotopic (exact) mass is 353 g/mol. The van der Waals surface area contributed by atoms with Crippen molar-refractivity contribution in [3.63, 3.8) is 0 Å². The Hall–Kier alpha value is -3.68. The van der Waals surface area contributed by atoms with Gasteiger partial charge in [0.1, 0.15) is 6.61 Å². The van der Waals surface area contributed by atoms with E-state index in [0.717, 1.165) is 0 Å². The van der Waals surface area contributed by atoms with Crippen LogP contribution in [0.2, 0.25) is 0 Å². The highest BCUT2D eigenvalue weighted by Gasteiger charge is 2.25. The number of ether oxygens (including phenoxy) is 1. The Labute approximate surface area is 148 Å². The normalized spacial score (nSPS) is 13.7. The fourth-order valence-electron chi connectivity index (χ4n) is 2.56. The Morgan fingerprint density at radius 3 is 2.65 bits per heavy atom. The van der Waals surface area contributed by atoms with Crippen molar-refractivity contribution in [3.05, 3.63) is 70.3 Å². The molecule has 2 amide bonds. The van der Waals surface area contributed by atoms with Gasteiger partial charge in [-0.25, -0.2) is 4.79 Å². The highest BCUT2D eigenvalue weighted by molar-refractivity contribution is 6.05. The van der Waals surface area contributed by atoms with Gasteiger partial charge in [-0.05, 0) is 24.3 Å². The smallest absolute Gasteiger partial charge is 0.414 e. The van der Waals surface area contributed by atoms with Crippen molar-refractivity contribution in [1.82, 2.24) is 0 Å². The van der Waals surface area contributed by atoms with E-state index in [1.807, 2.05) is 0 Å². The van der Waals surface area contributed by atoms with Crippen molar-refractivity contribution in [3.8, 4) is 0 Å². The zero-order valence-corrected chi connectivity index (χ0v) is 13.6. The molecule has 0 aliphatic carbocycles. The van der Waals surface area contributed by atoms with Crippen LogP contribution >= 0.6 is 0 Å². The molecule has 1 fully saturated rings. The molecule has 8 nitrogen and oxygen atoms in total. The van der Waals surface area contributed by atoms with E-state index in [0.29, 0.717) is 30.1 Å². The van der Waals surface area contributed by atoms with E-state index >= 15 is 0 Å². The van der Waals surface area contributed by atoms with Gasteiger partial charge in [0.15, 0.2) is 0 Å². The SMILES string of the molecule is O=C(/C=C\c1ccccc1[N+](=O)[O-])Nc1ccccc1N1CCOC1=O. The highest BCUT2D eigenvalue weighted by Crippen LogP contribution is 2.28. The predicted molar refractivity (Wildman–Crippen MR) is 95.9 cm³/mol. The molecule has 3 rings (SSSR count). The maximum absolute atomic E-state index is 12.2. The fourth-order valence-corrected chi connectivity index (χ4v) is 2.56. The second-order valence-corrected chi connectivity index (χ2v) is 5.42. The van der Waals surface area contributed by atoms with Crippen molar-refractivity contribution in [2.45, 2.75) is 0 Å². The van der Waals surface area contributed by atoms with Gasteiger partial charge in [0, 0.05) is 12.1 Å². The summed E-state index contributed by atoms with van der Waals surface area (Å²) in [5.41, 5.74) is 1.21. The number of para-hydroxylation sites is 3. The zero-order chi connectivity index (χ0) is 18.5. The minimum Gasteiger partial charge on any atom is -0.447 e. The number of amides is 2. The molecule has 1 aliphatic rings. The molecule has 0 aromatic heterocycles. The second kappa shape index (κ2) is 7.47. The molecule has 0 saturated carbocycles. The van der Waals surface area contributed by atoms with Crippen LogP contribution in [0.15, 0.2) is 54.6 Å². The molecule has 0 atom stereocenters. The van der Waals surface area contributed by atoms with Crippen molar-refractivity contribution in [2.24, 2.45) is 0 Å². The third-order valence-corrected chi connectivity index (χ3v) is 3.76. The number of hydrogen-bond acceptors (Lipinski definition) is 5. The number of nitrogens with one attached hydrogen (secondary N) is 1. The number of benzene rings is 2. The zero-order valence-electron chi connectivity index (χ0n) is 13.6. The molecule has 0 radical (unpaired) electrons. The fraction of sp³-hybridized carbons (Fsp3) is 0.111. The van der Waals surface area contributed by atoms with Crippen LogP contribution in [0.1, 0.15) is 5.56 Å². The van der Waals surface area contributed by atoms with Crippen LogP contribution in [0.4, 0.5) is 21.9 Å². The van der Waals surface area contributed by atoms with Crippen LogP contribution in [0.5, 0.6) is 0 Å². The lowest BCUT2D eigenvalue weighted by Crippen LogP contribution is -2.25. The molecule has 2 aromatic carbocycles. The van der Waals surface area contributed by atoms with E-state index in [9.17, 15) is 19.7 Å². The molecule has 0 bridgehead atoms. The first kappa shape index (κ1) is 17.2. The molecule has 132 valence electrons. The van der Waals surface area contributed by atoms with Crippen molar-refractivity contribution in [2.75, 3.05) is 23.4 Å². The number of carbonyl (C=O) groups excluding carboxylic acids is 2. The van der Waals surface area contributed by atoms with Crippen LogP contribution in [-0.2, 0) is 9.53 Å². The first-order chi connectivity index (χ1) is 12.6. The summed E-state index contributed by atoms with van der Waals surface area (Å²) in [6, 6.07) is 13.0. The van der Waals surface area contributed by atoms with Crippen LogP contribution in [0.25, 0.3) is 6.08 Å². The van der Waals surface area contributed by atoms with Crippen molar-refractivity contribution in [1.29, 1.82) is 0 Å². The van der Waals surface area contributed by atoms with Crippen LogP contribution in [0.3, 0.4) is 0 Å². The number of nitro benzene ring substituents is 1. The van der Waals surface area contributed by atoms with E-state index < -0.39 is 16.9 Å². The summed E-state index contributed by atoms with van der Waals surface area (Å²) >= 11 is 0. The largest absolute Gasteiger partial charge is 0.447 e. The van der Waals surface area contributed by atoms with Gasteiger partial charge < -0.3 is 10.1 Å². The third-order valence-electron chi connectivity index (χ3n) is 3.76. The summed E-state index contributed by atoms with van der Waals surface area (Å²) in [7, 11) is 0. The van der Waals surface area contributed by atoms with E-state index in [1.165, 1.54) is 23.1 Å². The summed E-state index contributed by atoms with van der Waals surface area (Å²) in [5.74, 6) is -0.469. The van der Waals surface area contributed by atoms with Gasteiger partial charge in [-0.3, -0.25) is 19.8 Å². The number of hydrogen-bond donors (Lipinski definition) is 1. The molecular weight excluding hydrogens is 338 g/mol. The first-order valence-electron chi connectivity index (χ1n) is 7.82. The Bertz CT molecular complexity index is 894. The molecule has 26 heavy (non-hydrogen) atoms. The number of nitro groups is 1. The predicted octanol–water partition coefficient (Wildman–Crippen LogP) is 3.20. The van der Waals surface area contributed by atoms with E-state index in [1.54, 1.807) is 42.5 Å². The van der Waals surface area contributed by atoms with Crippen molar-refractivity contribution < 1.29 is 19.2 Å². The quantitative estimate of drug-likeness (QED) is 0.505. The molecule has 1 aliphatic heterocycles. The van der Waals surface area contributed by atoms with Crippen LogP contribution < -0.4 is 10.2 Å². The Kier molecular flexibility index (Phi) is 4.93. The number of carbonyl (C=O) groups is 2. The minimum absolute atomic E-state index is 0.0863. The Morgan fingerprint density at radius 1 is 1.19 bits per heavy atom. The van der Waals surface area contributed by atoms with E-state index in [2.05, 4.69) is 5.32 Å². The Balaban J connectivity index is 1.77. The minimum atomic E-state index is -0.508. The van der Waals surface area contributed by atoms with Gasteiger partial charge in [0.2, 0.25) is 5.91 Å². The van der Waals surface area contributed by atoms with Crippen molar-refractivity contribution >= 4 is 35.1 Å². The average molecular weight is 353 g/mol. The maximum Gasteiger partial charge on any atom is 0.414 e. The van der Waals surface area contributed by atoms with Gasteiger partial charge in [-0.15, -0.1) is 0 Å². The molecule has 2 aromatic rings. The highest BCUT2D eigenvalue weighted by atomic mass is 16.6. The molecule has 0 unspecified atom stereocenters. The lowest BCUT2D eigenvalue weighted by atomic mass is 10.1. The summed E-state index contributed by atoms with van der Waals surface area (Å²) in [4.78, 5) is 35.9. The standard InChI is InChI=1S/C18H15N3O5/c22-17(10-9-13-5-1-3-7-15(13)21(24)25)19-14-6-2-4-8-16(14)20-11-12-26-18(20)23/h1-10H,11-12H2,(H,19,22)/b10-9-. The summed E-state index contributed by atoms with van der Waals surface area (Å²) in [5, 5.41) is 13.7. The van der Waals surface area contributed by atoms with E-state index in [-0.39, 0.29) is 5.69 Å². The lowest BCUT2D eigenvalue weighted by molar-refractivity contribution is -0.385. The van der Waals surface area contributed by atoms with Gasteiger partial charge in [-0.2, -0.15) is 0 Å². The van der Waals surface area contributed by atoms with Gasteiger partial charge in [0.25, 0.3) is 5.69 Å². The molecule has 1 saturated heterocycles. The van der Waals surface area contributed by atoms with Crippen LogP contribution in [0, 0.1) is 10.1 Å². The maximum atomic E-state index is 12.2. The number of anilines is 2. The molecule has 1 heterocycles. The molecule has 8 heteroatoms. The average Bonchev–Trinajstić information content (AvgIpc) is 3.06. The Morgan fingerprint density at radius 2 is 1.92 bits per heavy atom. The number of cyclic esters (lactones) is 1. The molecule has 0 spiro atoms. The number of rotatable bonds is 5. The number of nitrogens with zero attached hydrogens (tertiary/aromatic N) is 2.